The summed E-state index contributed by atoms with van der Waals surface area (Å²) in [7, 11) is 3.20. The predicted molar refractivity (Wildman–Crippen MR) is 102 cm³/mol. The molecule has 1 atom stereocenters. The maximum atomic E-state index is 12.5. The summed E-state index contributed by atoms with van der Waals surface area (Å²) >= 11 is 2.29. The fourth-order valence-corrected chi connectivity index (χ4v) is 3.32. The van der Waals surface area contributed by atoms with Crippen LogP contribution >= 0.6 is 30.4 Å². The van der Waals surface area contributed by atoms with Crippen molar-refractivity contribution in [3.05, 3.63) is 65.0 Å². The van der Waals surface area contributed by atoms with E-state index in [-0.39, 0.29) is 13.2 Å². The number of hydrogen-bond acceptors (Lipinski definition) is 5. The second-order valence-electron chi connectivity index (χ2n) is 4.95. The lowest BCUT2D eigenvalue weighted by Crippen LogP contribution is -2.02. The minimum Gasteiger partial charge on any atom is -0.290 e. The molecule has 2 aromatic rings. The fraction of sp³-hybridized carbons (Fsp3) is 0.312. The van der Waals surface area contributed by atoms with Gasteiger partial charge in [0.15, 0.2) is 0 Å². The molecule has 2 radical (unpaired) electrons. The summed E-state index contributed by atoms with van der Waals surface area (Å²) < 4.78 is 29.1. The van der Waals surface area contributed by atoms with Gasteiger partial charge in [0.1, 0.15) is 6.61 Å². The summed E-state index contributed by atoms with van der Waals surface area (Å²) in [6.07, 6.45) is 0.333. The van der Waals surface area contributed by atoms with Gasteiger partial charge in [0.25, 0.3) is 0 Å². The topological polar surface area (TPSA) is 57.7 Å². The van der Waals surface area contributed by atoms with Crippen LogP contribution in [0.25, 0.3) is 0 Å². The van der Waals surface area contributed by atoms with E-state index >= 15 is 0 Å². The van der Waals surface area contributed by atoms with Crippen LogP contribution in [0.5, 0.6) is 0 Å². The van der Waals surface area contributed by atoms with E-state index in [0.717, 1.165) is 15.7 Å². The van der Waals surface area contributed by atoms with Crippen molar-refractivity contribution < 1.29 is 18.1 Å². The molecule has 0 saturated heterocycles. The Kier molecular flexibility index (Phi) is 7.90. The summed E-state index contributed by atoms with van der Waals surface area (Å²) in [5, 5.41) is 0. The maximum absolute atomic E-state index is 12.5. The van der Waals surface area contributed by atoms with Crippen molar-refractivity contribution in [1.29, 1.82) is 0 Å². The molecule has 0 aliphatic carbocycles. The van der Waals surface area contributed by atoms with E-state index in [1.165, 1.54) is 12.7 Å². The minimum absolute atomic E-state index is 0.0206. The van der Waals surface area contributed by atoms with E-state index < -0.39 is 7.82 Å². The Balaban J connectivity index is 1.96. The molecule has 1 unspecified atom stereocenters. The number of hydrogen-bond donors (Lipinski definition) is 0. The van der Waals surface area contributed by atoms with E-state index in [0.29, 0.717) is 12.0 Å². The Hall–Kier alpha value is -0.725. The Morgan fingerprint density at radius 2 is 1.75 bits per heavy atom. The quantitative estimate of drug-likeness (QED) is 0.245. The first kappa shape index (κ1) is 19.6. The fourth-order valence-electron chi connectivity index (χ4n) is 1.97. The molecular formula is C16H18BINO4P. The lowest BCUT2D eigenvalue weighted by Gasteiger charge is -2.16. The number of phosphoric ester groups is 1. The van der Waals surface area contributed by atoms with E-state index in [4.69, 9.17) is 21.4 Å². The van der Waals surface area contributed by atoms with Gasteiger partial charge in [-0.1, -0.05) is 52.9 Å². The molecule has 5 nitrogen and oxygen atoms in total. The van der Waals surface area contributed by atoms with Crippen molar-refractivity contribution >= 4 is 38.3 Å². The minimum atomic E-state index is -3.65. The van der Waals surface area contributed by atoms with Crippen LogP contribution in [-0.4, -0.2) is 19.9 Å². The van der Waals surface area contributed by atoms with Crippen molar-refractivity contribution in [3.8, 4) is 0 Å². The van der Waals surface area contributed by atoms with Crippen molar-refractivity contribution in [3.63, 3.8) is 0 Å². The van der Waals surface area contributed by atoms with Gasteiger partial charge in [0, 0.05) is 17.2 Å². The normalized spacial score (nSPS) is 13.6. The average Bonchev–Trinajstić information content (AvgIpc) is 2.65. The van der Waals surface area contributed by atoms with Crippen LogP contribution in [0, 0.1) is 0 Å². The number of benzene rings is 1. The van der Waals surface area contributed by atoms with Gasteiger partial charge in [-0.3, -0.25) is 18.6 Å². The highest BCUT2D eigenvalue weighted by Crippen LogP contribution is 2.49. The third-order valence-electron chi connectivity index (χ3n) is 3.20. The van der Waals surface area contributed by atoms with Gasteiger partial charge in [0.05, 0.1) is 20.1 Å². The van der Waals surface area contributed by atoms with Crippen LogP contribution < -0.4 is 0 Å². The lowest BCUT2D eigenvalue weighted by atomic mass is 10.0. The van der Waals surface area contributed by atoms with Crippen LogP contribution in [0.1, 0.15) is 22.5 Å². The number of rotatable bonds is 9. The van der Waals surface area contributed by atoms with Crippen molar-refractivity contribution in [1.82, 2.24) is 4.98 Å². The molecule has 0 N–H and O–H groups in total. The van der Waals surface area contributed by atoms with Gasteiger partial charge >= 0.3 is 7.82 Å². The average molecular weight is 457 g/mol. The number of pyridine rings is 1. The van der Waals surface area contributed by atoms with E-state index in [2.05, 4.69) is 27.6 Å². The summed E-state index contributed by atoms with van der Waals surface area (Å²) in [5.74, 6) is 0. The molecule has 0 spiro atoms. The van der Waals surface area contributed by atoms with Gasteiger partial charge in [-0.25, -0.2) is 4.57 Å². The number of aromatic nitrogens is 1. The second kappa shape index (κ2) is 9.68. The largest absolute Gasteiger partial charge is 0.475 e. The molecule has 0 fully saturated rings. The van der Waals surface area contributed by atoms with Crippen molar-refractivity contribution in [2.75, 3.05) is 7.11 Å². The summed E-state index contributed by atoms with van der Waals surface area (Å²) in [4.78, 5) is 4.29. The standard InChI is InChI=1S/C16H18BINO4P/c1-21-24(20,22-11-14-5-2-4-13(8-14)10-18)23-12-16-7-3-6-15(9-17)19-16/h2-8H,9-12H2,1H3. The molecule has 0 bridgehead atoms. The first-order valence-electron chi connectivity index (χ1n) is 7.32. The van der Waals surface area contributed by atoms with Gasteiger partial charge in [-0.15, -0.1) is 0 Å². The smallest absolute Gasteiger partial charge is 0.290 e. The van der Waals surface area contributed by atoms with Crippen molar-refractivity contribution in [2.45, 2.75) is 24.0 Å². The maximum Gasteiger partial charge on any atom is 0.475 e. The van der Waals surface area contributed by atoms with Gasteiger partial charge in [0.2, 0.25) is 0 Å². The Labute approximate surface area is 157 Å². The van der Waals surface area contributed by atoms with E-state index in [1.807, 2.05) is 36.4 Å². The molecule has 0 aliphatic rings. The molecule has 0 aliphatic heterocycles. The first-order chi connectivity index (χ1) is 11.6. The highest BCUT2D eigenvalue weighted by Gasteiger charge is 2.25. The molecule has 2 rings (SSSR count). The number of phosphoric acid groups is 1. The van der Waals surface area contributed by atoms with Gasteiger partial charge < -0.3 is 0 Å². The molecule has 24 heavy (non-hydrogen) atoms. The molecule has 126 valence electrons. The predicted octanol–water partition coefficient (Wildman–Crippen LogP) is 4.17. The molecule has 1 aromatic carbocycles. The van der Waals surface area contributed by atoms with Crippen LogP contribution in [0.15, 0.2) is 42.5 Å². The zero-order chi connectivity index (χ0) is 17.4. The highest BCUT2D eigenvalue weighted by atomic mass is 127. The molecule has 1 heterocycles. The van der Waals surface area contributed by atoms with Crippen LogP contribution in [0.3, 0.4) is 0 Å². The SMILES string of the molecule is [B]Cc1cccc(COP(=O)(OC)OCc2cccc(CI)c2)n1. The third-order valence-corrected chi connectivity index (χ3v) is 5.42. The van der Waals surface area contributed by atoms with Crippen LogP contribution in [-0.2, 0) is 42.1 Å². The van der Waals surface area contributed by atoms with Crippen LogP contribution in [0.2, 0.25) is 0 Å². The molecule has 0 saturated carbocycles. The Morgan fingerprint density at radius 3 is 2.46 bits per heavy atom. The summed E-state index contributed by atoms with van der Waals surface area (Å²) in [6, 6.07) is 13.3. The molecule has 8 heteroatoms. The number of alkyl halides is 1. The Morgan fingerprint density at radius 1 is 1.08 bits per heavy atom. The number of halogens is 1. The Bertz CT molecular complexity index is 660. The molecule has 0 amide bonds. The summed E-state index contributed by atoms with van der Waals surface area (Å²) in [5.41, 5.74) is 3.44. The zero-order valence-corrected chi connectivity index (χ0v) is 16.4. The summed E-state index contributed by atoms with van der Waals surface area (Å²) in [6.45, 7) is 0.165. The number of nitrogens with zero attached hydrogens (tertiary/aromatic N) is 1. The monoisotopic (exact) mass is 457 g/mol. The third kappa shape index (κ3) is 5.97. The van der Waals surface area contributed by atoms with E-state index in [1.54, 1.807) is 6.07 Å². The van der Waals surface area contributed by atoms with E-state index in [9.17, 15) is 4.57 Å². The van der Waals surface area contributed by atoms with Crippen molar-refractivity contribution in [2.24, 2.45) is 0 Å². The second-order valence-corrected chi connectivity index (χ2v) is 7.49. The zero-order valence-electron chi connectivity index (χ0n) is 13.4. The highest BCUT2D eigenvalue weighted by molar-refractivity contribution is 14.1. The van der Waals surface area contributed by atoms with Crippen LogP contribution in [0.4, 0.5) is 0 Å². The molecule has 1 aromatic heterocycles. The van der Waals surface area contributed by atoms with Gasteiger partial charge in [-0.2, -0.15) is 0 Å². The lowest BCUT2D eigenvalue weighted by molar-refractivity contribution is 0.119. The first-order valence-corrected chi connectivity index (χ1v) is 10.3. The van der Waals surface area contributed by atoms with Gasteiger partial charge in [-0.05, 0) is 29.6 Å². The molecular weight excluding hydrogens is 439 g/mol.